The van der Waals surface area contributed by atoms with E-state index in [1.54, 1.807) is 20.1 Å². The number of esters is 1. The van der Waals surface area contributed by atoms with Crippen molar-refractivity contribution in [3.63, 3.8) is 0 Å². The van der Waals surface area contributed by atoms with Crippen LogP contribution in [0.1, 0.15) is 77.6 Å². The number of hydrogen-bond donors (Lipinski definition) is 0. The zero-order chi connectivity index (χ0) is 23.4. The molecule has 0 aliphatic heterocycles. The second kappa shape index (κ2) is 9.58. The summed E-state index contributed by atoms with van der Waals surface area (Å²) in [6, 6.07) is 15.8. The second-order valence-corrected chi connectivity index (χ2v) is 12.1. The summed E-state index contributed by atoms with van der Waals surface area (Å²) < 4.78 is 21.2. The van der Waals surface area contributed by atoms with Gasteiger partial charge in [0, 0.05) is 0 Å². The van der Waals surface area contributed by atoms with Crippen molar-refractivity contribution in [1.82, 2.24) is 0 Å². The van der Waals surface area contributed by atoms with E-state index in [1.165, 1.54) is 11.1 Å². The molecule has 0 saturated heterocycles. The molecule has 4 nitrogen and oxygen atoms in total. The first-order valence-corrected chi connectivity index (χ1v) is 11.7. The van der Waals surface area contributed by atoms with E-state index in [9.17, 15) is 9.35 Å². The van der Waals surface area contributed by atoms with Gasteiger partial charge in [-0.25, -0.2) is 4.79 Å². The molecule has 2 rings (SSSR count). The second-order valence-electron chi connectivity index (χ2n) is 10.4. The SMILES string of the molecule is CC(C)(C)c1cc(C=N[S+]([O-])C(C)(C)C(=O)OCc2ccccc2)cc(C(C)(C)C)c1. The van der Waals surface area contributed by atoms with Crippen LogP contribution in [0.4, 0.5) is 0 Å². The minimum Gasteiger partial charge on any atom is -0.590 e. The maximum Gasteiger partial charge on any atom is 0.365 e. The molecule has 0 saturated carbocycles. The van der Waals surface area contributed by atoms with E-state index < -0.39 is 22.1 Å². The quantitative estimate of drug-likeness (QED) is 0.319. The van der Waals surface area contributed by atoms with Crippen LogP contribution in [0.3, 0.4) is 0 Å². The predicted molar refractivity (Wildman–Crippen MR) is 130 cm³/mol. The third-order valence-electron chi connectivity index (χ3n) is 5.13. The number of carbonyl (C=O) groups excluding carboxylic acids is 1. The molecule has 0 radical (unpaired) electrons. The molecule has 5 heteroatoms. The molecule has 0 aliphatic carbocycles. The largest absolute Gasteiger partial charge is 0.590 e. The Labute approximate surface area is 190 Å². The molecule has 0 fully saturated rings. The van der Waals surface area contributed by atoms with Crippen LogP contribution in [0, 0.1) is 0 Å². The van der Waals surface area contributed by atoms with Crippen LogP contribution in [0.2, 0.25) is 0 Å². The molecule has 0 N–H and O–H groups in total. The Morgan fingerprint density at radius 1 is 0.935 bits per heavy atom. The van der Waals surface area contributed by atoms with Crippen molar-refractivity contribution in [2.75, 3.05) is 0 Å². The molecule has 0 aromatic heterocycles. The van der Waals surface area contributed by atoms with E-state index in [1.807, 2.05) is 30.3 Å². The lowest BCUT2D eigenvalue weighted by molar-refractivity contribution is -0.147. The summed E-state index contributed by atoms with van der Waals surface area (Å²) in [5, 5.41) is 0. The summed E-state index contributed by atoms with van der Waals surface area (Å²) in [5.41, 5.74) is 4.09. The van der Waals surface area contributed by atoms with Crippen molar-refractivity contribution >= 4 is 23.5 Å². The third-order valence-corrected chi connectivity index (χ3v) is 6.46. The van der Waals surface area contributed by atoms with Crippen molar-refractivity contribution in [1.29, 1.82) is 0 Å². The van der Waals surface area contributed by atoms with E-state index in [2.05, 4.69) is 64.1 Å². The van der Waals surface area contributed by atoms with Crippen LogP contribution in [-0.2, 0) is 38.3 Å². The Hall–Kier alpha value is -2.11. The van der Waals surface area contributed by atoms with E-state index in [-0.39, 0.29) is 17.4 Å². The zero-order valence-electron chi connectivity index (χ0n) is 20.0. The number of rotatable bonds is 6. The molecule has 1 atom stereocenters. The summed E-state index contributed by atoms with van der Waals surface area (Å²) in [6.07, 6.45) is 1.60. The highest BCUT2D eigenvalue weighted by molar-refractivity contribution is 7.92. The molecule has 0 amide bonds. The maximum atomic E-state index is 12.9. The van der Waals surface area contributed by atoms with Crippen molar-refractivity contribution in [3.8, 4) is 0 Å². The van der Waals surface area contributed by atoms with Crippen LogP contribution >= 0.6 is 0 Å². The van der Waals surface area contributed by atoms with Crippen molar-refractivity contribution < 1.29 is 14.1 Å². The molecule has 1 unspecified atom stereocenters. The van der Waals surface area contributed by atoms with Gasteiger partial charge in [-0.05, 0) is 59.1 Å². The molecule has 0 heterocycles. The Balaban J connectivity index is 2.20. The van der Waals surface area contributed by atoms with Gasteiger partial charge >= 0.3 is 5.97 Å². The minimum absolute atomic E-state index is 0.0243. The van der Waals surface area contributed by atoms with Crippen LogP contribution in [0.25, 0.3) is 0 Å². The third kappa shape index (κ3) is 6.94. The highest BCUT2D eigenvalue weighted by Gasteiger charge is 2.43. The molecule has 0 spiro atoms. The number of carbonyl (C=O) groups is 1. The highest BCUT2D eigenvalue weighted by atomic mass is 32.2. The van der Waals surface area contributed by atoms with E-state index in [0.29, 0.717) is 0 Å². The zero-order valence-corrected chi connectivity index (χ0v) is 20.8. The first-order chi connectivity index (χ1) is 14.2. The number of ether oxygens (including phenoxy) is 1. The standard InChI is InChI=1S/C26H35NO3S/c1-24(2,3)21-14-20(15-22(16-21)25(4,5)6)17-27-31(29)26(7,8)23(28)30-18-19-12-10-9-11-13-19/h9-17H,18H2,1-8H3. The predicted octanol–water partition coefficient (Wildman–Crippen LogP) is 5.89. The van der Waals surface area contributed by atoms with Crippen LogP contribution < -0.4 is 0 Å². The molecule has 31 heavy (non-hydrogen) atoms. The molecular formula is C26H35NO3S. The molecule has 2 aromatic rings. The van der Waals surface area contributed by atoms with Crippen molar-refractivity contribution in [2.24, 2.45) is 4.40 Å². The van der Waals surface area contributed by atoms with Crippen molar-refractivity contribution in [3.05, 3.63) is 70.8 Å². The first-order valence-electron chi connectivity index (χ1n) is 10.5. The van der Waals surface area contributed by atoms with Gasteiger partial charge in [0.1, 0.15) is 18.0 Å². The van der Waals surface area contributed by atoms with Gasteiger partial charge < -0.3 is 9.29 Å². The monoisotopic (exact) mass is 441 g/mol. The number of hydrogen-bond acceptors (Lipinski definition) is 4. The lowest BCUT2D eigenvalue weighted by Crippen LogP contribution is -2.40. The van der Waals surface area contributed by atoms with E-state index in [4.69, 9.17) is 4.74 Å². The lowest BCUT2D eigenvalue weighted by Gasteiger charge is -2.25. The van der Waals surface area contributed by atoms with Gasteiger partial charge in [0.15, 0.2) is 0 Å². The molecular weight excluding hydrogens is 406 g/mol. The summed E-state index contributed by atoms with van der Waals surface area (Å²) in [6.45, 7) is 16.3. The van der Waals surface area contributed by atoms with Crippen LogP contribution in [-0.4, -0.2) is 21.5 Å². The topological polar surface area (TPSA) is 61.7 Å². The summed E-state index contributed by atoms with van der Waals surface area (Å²) in [7, 11) is 0. The Kier molecular flexibility index (Phi) is 7.77. The van der Waals surface area contributed by atoms with Gasteiger partial charge in [-0.15, -0.1) is 0 Å². The lowest BCUT2D eigenvalue weighted by atomic mass is 9.80. The summed E-state index contributed by atoms with van der Waals surface area (Å²) in [4.78, 5) is 12.6. The summed E-state index contributed by atoms with van der Waals surface area (Å²) >= 11 is -1.78. The molecule has 168 valence electrons. The molecule has 0 aliphatic rings. The Bertz CT molecular complexity index is 890. The maximum absolute atomic E-state index is 12.9. The van der Waals surface area contributed by atoms with E-state index >= 15 is 0 Å². The summed E-state index contributed by atoms with van der Waals surface area (Å²) in [5.74, 6) is -0.536. The highest BCUT2D eigenvalue weighted by Crippen LogP contribution is 2.30. The smallest absolute Gasteiger partial charge is 0.365 e. The minimum atomic E-state index is -1.78. The van der Waals surface area contributed by atoms with Crippen LogP contribution in [0.15, 0.2) is 52.9 Å². The van der Waals surface area contributed by atoms with Gasteiger partial charge in [0.2, 0.25) is 4.75 Å². The average Bonchev–Trinajstić information content (AvgIpc) is 2.69. The van der Waals surface area contributed by atoms with Gasteiger partial charge in [0.25, 0.3) is 0 Å². The van der Waals surface area contributed by atoms with Gasteiger partial charge in [0.05, 0.1) is 6.21 Å². The number of nitrogens with zero attached hydrogens (tertiary/aromatic N) is 1. The van der Waals surface area contributed by atoms with Crippen molar-refractivity contribution in [2.45, 2.75) is 77.6 Å². The normalized spacial score (nSPS) is 14.0. The average molecular weight is 442 g/mol. The fourth-order valence-corrected chi connectivity index (χ4v) is 3.48. The number of benzene rings is 2. The fourth-order valence-electron chi connectivity index (χ4n) is 2.80. The van der Waals surface area contributed by atoms with E-state index in [0.717, 1.165) is 11.1 Å². The Morgan fingerprint density at radius 2 is 1.45 bits per heavy atom. The molecule has 0 bridgehead atoms. The molecule has 2 aromatic carbocycles. The Morgan fingerprint density at radius 3 is 1.94 bits per heavy atom. The fraction of sp³-hybridized carbons (Fsp3) is 0.462. The van der Waals surface area contributed by atoms with Gasteiger partial charge in [-0.1, -0.05) is 82.3 Å². The first kappa shape index (κ1) is 25.2. The van der Waals surface area contributed by atoms with Gasteiger partial charge in [-0.3, -0.25) is 0 Å². The van der Waals surface area contributed by atoms with Crippen LogP contribution in [0.5, 0.6) is 0 Å². The van der Waals surface area contributed by atoms with Gasteiger partial charge in [-0.2, -0.15) is 0 Å².